The van der Waals surface area contributed by atoms with E-state index in [1.165, 1.54) is 11.1 Å². The molecule has 3 heteroatoms. The van der Waals surface area contributed by atoms with Crippen molar-refractivity contribution in [3.8, 4) is 0 Å². The number of alkyl halides is 1. The van der Waals surface area contributed by atoms with Crippen molar-refractivity contribution >= 4 is 5.91 Å². The number of hydrogen-bond donors (Lipinski definition) is 0. The third kappa shape index (κ3) is 0.504. The SMILES string of the molecule is C=CN1CC2C(=C)C2(F)C1=O. The lowest BCUT2D eigenvalue weighted by molar-refractivity contribution is -0.131. The summed E-state index contributed by atoms with van der Waals surface area (Å²) >= 11 is 0. The molecule has 2 aliphatic rings. The van der Waals surface area contributed by atoms with Gasteiger partial charge in [-0.1, -0.05) is 13.2 Å². The average Bonchev–Trinajstić information content (AvgIpc) is 2.37. The second-order valence-corrected chi connectivity index (χ2v) is 2.93. The molecule has 0 radical (unpaired) electrons. The Kier molecular flexibility index (Phi) is 0.926. The summed E-state index contributed by atoms with van der Waals surface area (Å²) in [6.45, 7) is 7.31. The molecule has 0 aromatic rings. The molecule has 2 fully saturated rings. The van der Waals surface area contributed by atoms with E-state index in [2.05, 4.69) is 13.2 Å². The van der Waals surface area contributed by atoms with Gasteiger partial charge < -0.3 is 4.90 Å². The molecule has 1 amide bonds. The summed E-state index contributed by atoms with van der Waals surface area (Å²) in [6, 6.07) is 0. The molecule has 2 nitrogen and oxygen atoms in total. The Bertz CT molecular complexity index is 273. The van der Waals surface area contributed by atoms with Crippen molar-refractivity contribution in [1.29, 1.82) is 0 Å². The van der Waals surface area contributed by atoms with Gasteiger partial charge >= 0.3 is 0 Å². The van der Waals surface area contributed by atoms with Crippen LogP contribution in [0.1, 0.15) is 0 Å². The molecule has 0 aromatic carbocycles. The van der Waals surface area contributed by atoms with Gasteiger partial charge in [-0.3, -0.25) is 4.79 Å². The Hall–Kier alpha value is -1.12. The average molecular weight is 153 g/mol. The number of hydrogen-bond acceptors (Lipinski definition) is 1. The molecule has 2 rings (SSSR count). The van der Waals surface area contributed by atoms with Crippen molar-refractivity contribution in [3.63, 3.8) is 0 Å². The number of piperidine rings is 1. The Labute approximate surface area is 64.0 Å². The lowest BCUT2D eigenvalue weighted by Crippen LogP contribution is -2.28. The first-order valence-electron chi connectivity index (χ1n) is 3.44. The lowest BCUT2D eigenvalue weighted by Gasteiger charge is -2.11. The first-order valence-corrected chi connectivity index (χ1v) is 3.44. The second-order valence-electron chi connectivity index (χ2n) is 2.93. The monoisotopic (exact) mass is 153 g/mol. The lowest BCUT2D eigenvalue weighted by atomic mass is 10.3. The third-order valence-electron chi connectivity index (χ3n) is 2.46. The van der Waals surface area contributed by atoms with Crippen molar-refractivity contribution in [2.75, 3.05) is 6.54 Å². The van der Waals surface area contributed by atoms with Crippen LogP contribution in [0.3, 0.4) is 0 Å². The van der Waals surface area contributed by atoms with Gasteiger partial charge in [0, 0.05) is 12.5 Å². The number of rotatable bonds is 1. The topological polar surface area (TPSA) is 20.3 Å². The van der Waals surface area contributed by atoms with Crippen LogP contribution in [0.25, 0.3) is 0 Å². The summed E-state index contributed by atoms with van der Waals surface area (Å²) in [5.41, 5.74) is -1.30. The maximum Gasteiger partial charge on any atom is 0.269 e. The number of carbonyl (C=O) groups excluding carboxylic acids is 1. The molecule has 0 bridgehead atoms. The van der Waals surface area contributed by atoms with Crippen LogP contribution in [0.5, 0.6) is 0 Å². The van der Waals surface area contributed by atoms with Gasteiger partial charge in [-0.15, -0.1) is 0 Å². The molecule has 58 valence electrons. The first kappa shape index (κ1) is 6.58. The van der Waals surface area contributed by atoms with E-state index < -0.39 is 11.6 Å². The molecule has 1 heterocycles. The largest absolute Gasteiger partial charge is 0.316 e. The fourth-order valence-electron chi connectivity index (χ4n) is 1.59. The molecular formula is C8H8FNO. The molecule has 1 saturated heterocycles. The van der Waals surface area contributed by atoms with E-state index in [0.717, 1.165) is 0 Å². The van der Waals surface area contributed by atoms with Crippen LogP contribution in [0.2, 0.25) is 0 Å². The number of carbonyl (C=O) groups is 1. The highest BCUT2D eigenvalue weighted by atomic mass is 19.1. The molecule has 2 atom stereocenters. The molecule has 0 N–H and O–H groups in total. The zero-order chi connectivity index (χ0) is 8.22. The van der Waals surface area contributed by atoms with E-state index in [0.29, 0.717) is 12.1 Å². The Morgan fingerprint density at radius 3 is 2.82 bits per heavy atom. The van der Waals surface area contributed by atoms with E-state index >= 15 is 0 Å². The van der Waals surface area contributed by atoms with Crippen molar-refractivity contribution < 1.29 is 9.18 Å². The highest BCUT2D eigenvalue weighted by Crippen LogP contribution is 2.57. The fourth-order valence-corrected chi connectivity index (χ4v) is 1.59. The summed E-state index contributed by atoms with van der Waals surface area (Å²) in [4.78, 5) is 12.4. The maximum absolute atomic E-state index is 13.4. The van der Waals surface area contributed by atoms with Gasteiger partial charge in [0.15, 0.2) is 0 Å². The van der Waals surface area contributed by atoms with Crippen LogP contribution < -0.4 is 0 Å². The summed E-state index contributed by atoms with van der Waals surface area (Å²) in [6.07, 6.45) is 1.36. The molecule has 1 aliphatic carbocycles. The van der Waals surface area contributed by atoms with Gasteiger partial charge in [-0.05, 0) is 11.8 Å². The van der Waals surface area contributed by atoms with Crippen LogP contribution in [0, 0.1) is 5.92 Å². The maximum atomic E-state index is 13.4. The van der Waals surface area contributed by atoms with Gasteiger partial charge in [-0.2, -0.15) is 0 Å². The van der Waals surface area contributed by atoms with Gasteiger partial charge in [0.1, 0.15) is 0 Å². The van der Waals surface area contributed by atoms with Gasteiger partial charge in [0.2, 0.25) is 5.67 Å². The zero-order valence-corrected chi connectivity index (χ0v) is 6.01. The number of nitrogens with zero attached hydrogens (tertiary/aromatic N) is 1. The molecule has 0 aromatic heterocycles. The number of likely N-dealkylation sites (tertiary alicyclic amines) is 1. The Balaban J connectivity index is 2.32. The van der Waals surface area contributed by atoms with E-state index in [1.54, 1.807) is 0 Å². The van der Waals surface area contributed by atoms with Crippen molar-refractivity contribution in [1.82, 2.24) is 4.90 Å². The minimum atomic E-state index is -1.73. The van der Waals surface area contributed by atoms with Crippen molar-refractivity contribution in [2.24, 2.45) is 5.92 Å². The quantitative estimate of drug-likeness (QED) is 0.512. The second kappa shape index (κ2) is 1.55. The van der Waals surface area contributed by atoms with Crippen LogP contribution in [-0.2, 0) is 4.79 Å². The van der Waals surface area contributed by atoms with Crippen molar-refractivity contribution in [3.05, 3.63) is 24.9 Å². The molecule has 1 aliphatic heterocycles. The van der Waals surface area contributed by atoms with Crippen LogP contribution in [0.15, 0.2) is 24.9 Å². The van der Waals surface area contributed by atoms with E-state index in [9.17, 15) is 9.18 Å². The molecular weight excluding hydrogens is 145 g/mol. The summed E-state index contributed by atoms with van der Waals surface area (Å²) in [5.74, 6) is -0.768. The molecule has 0 spiro atoms. The Morgan fingerprint density at radius 2 is 2.45 bits per heavy atom. The minimum Gasteiger partial charge on any atom is -0.316 e. The Morgan fingerprint density at radius 1 is 1.82 bits per heavy atom. The van der Waals surface area contributed by atoms with Crippen LogP contribution >= 0.6 is 0 Å². The fraction of sp³-hybridized carbons (Fsp3) is 0.375. The van der Waals surface area contributed by atoms with Gasteiger partial charge in [-0.25, -0.2) is 4.39 Å². The number of fused-ring (bicyclic) bond motifs is 1. The third-order valence-corrected chi connectivity index (χ3v) is 2.46. The standard InChI is InChI=1S/C8H8FNO/c1-3-10-4-6-5(2)8(6,9)7(10)11/h3,6H,1-2,4H2. The molecule has 11 heavy (non-hydrogen) atoms. The smallest absolute Gasteiger partial charge is 0.269 e. The predicted octanol–water partition coefficient (Wildman–Crippen LogP) is 0.866. The minimum absolute atomic E-state index is 0.270. The van der Waals surface area contributed by atoms with E-state index in [1.807, 2.05) is 0 Å². The van der Waals surface area contributed by atoms with Crippen LogP contribution in [0.4, 0.5) is 4.39 Å². The summed E-state index contributed by atoms with van der Waals surface area (Å²) < 4.78 is 13.4. The highest BCUT2D eigenvalue weighted by molar-refractivity contribution is 5.98. The predicted molar refractivity (Wildman–Crippen MR) is 38.4 cm³/mol. The first-order chi connectivity index (χ1) is 5.12. The molecule has 2 unspecified atom stereocenters. The highest BCUT2D eigenvalue weighted by Gasteiger charge is 2.71. The normalized spacial score (nSPS) is 40.8. The summed E-state index contributed by atoms with van der Waals surface area (Å²) in [5, 5.41) is 0. The zero-order valence-electron chi connectivity index (χ0n) is 6.01. The molecule has 1 saturated carbocycles. The van der Waals surface area contributed by atoms with Crippen LogP contribution in [-0.4, -0.2) is 23.0 Å². The van der Waals surface area contributed by atoms with Gasteiger partial charge in [0.05, 0.1) is 0 Å². The number of amides is 1. The van der Waals surface area contributed by atoms with E-state index in [-0.39, 0.29) is 5.92 Å². The van der Waals surface area contributed by atoms with Gasteiger partial charge in [0.25, 0.3) is 5.91 Å². The summed E-state index contributed by atoms with van der Waals surface area (Å²) in [7, 11) is 0. The van der Waals surface area contributed by atoms with Crippen molar-refractivity contribution in [2.45, 2.75) is 5.67 Å². The number of halogens is 1. The van der Waals surface area contributed by atoms with E-state index in [4.69, 9.17) is 0 Å².